The van der Waals surface area contributed by atoms with Gasteiger partial charge >= 0.3 is 5.97 Å². The number of ether oxygens (including phenoxy) is 1. The molecule has 0 atom stereocenters. The lowest BCUT2D eigenvalue weighted by Crippen LogP contribution is -2.33. The molecule has 1 aromatic heterocycles. The topological polar surface area (TPSA) is 78.8 Å². The van der Waals surface area contributed by atoms with Gasteiger partial charge in [0.1, 0.15) is 5.82 Å². The van der Waals surface area contributed by atoms with Crippen molar-refractivity contribution in [2.75, 3.05) is 51.3 Å². The van der Waals surface area contributed by atoms with E-state index in [1.807, 2.05) is 0 Å². The predicted octanol–water partition coefficient (Wildman–Crippen LogP) is -0.232. The van der Waals surface area contributed by atoms with Gasteiger partial charge in [-0.25, -0.2) is 14.8 Å². The Morgan fingerprint density at radius 1 is 1.40 bits per heavy atom. The van der Waals surface area contributed by atoms with Crippen molar-refractivity contribution >= 4 is 11.8 Å². The van der Waals surface area contributed by atoms with E-state index in [0.717, 1.165) is 38.4 Å². The van der Waals surface area contributed by atoms with E-state index in [0.29, 0.717) is 6.54 Å². The van der Waals surface area contributed by atoms with E-state index in [1.165, 1.54) is 7.11 Å². The Morgan fingerprint density at radius 2 is 2.25 bits per heavy atom. The summed E-state index contributed by atoms with van der Waals surface area (Å²) < 4.78 is 4.63. The largest absolute Gasteiger partial charge is 0.463 e. The van der Waals surface area contributed by atoms with Gasteiger partial charge in [-0.1, -0.05) is 0 Å². The van der Waals surface area contributed by atoms with Crippen molar-refractivity contribution in [2.24, 2.45) is 0 Å². The Bertz CT molecular complexity index is 455. The number of rotatable bonds is 4. The molecule has 7 nitrogen and oxygen atoms in total. The molecule has 0 amide bonds. The smallest absolute Gasteiger partial charge is 0.376 e. The highest BCUT2D eigenvalue weighted by Crippen LogP contribution is 2.13. The van der Waals surface area contributed by atoms with E-state index >= 15 is 0 Å². The second-order valence-electron chi connectivity index (χ2n) is 4.64. The second kappa shape index (κ2) is 7.16. The minimum absolute atomic E-state index is 0.0847. The number of aliphatic hydroxyl groups excluding tert-OH is 1. The summed E-state index contributed by atoms with van der Waals surface area (Å²) in [5.74, 6) is 0.302. The fourth-order valence-corrected chi connectivity index (χ4v) is 2.28. The normalized spacial score (nSPS) is 16.8. The molecule has 1 N–H and O–H groups in total. The highest BCUT2D eigenvalue weighted by Gasteiger charge is 2.17. The van der Waals surface area contributed by atoms with E-state index in [4.69, 9.17) is 5.11 Å². The number of carbonyl (C=O) groups is 1. The quantitative estimate of drug-likeness (QED) is 0.763. The summed E-state index contributed by atoms with van der Waals surface area (Å²) in [7, 11) is 1.32. The first-order chi connectivity index (χ1) is 9.74. The van der Waals surface area contributed by atoms with Gasteiger partial charge in [0.05, 0.1) is 13.7 Å². The lowest BCUT2D eigenvalue weighted by atomic mass is 10.3. The summed E-state index contributed by atoms with van der Waals surface area (Å²) in [5, 5.41) is 8.99. The molecule has 2 heterocycles. The maximum absolute atomic E-state index is 11.5. The molecule has 0 saturated carbocycles. The summed E-state index contributed by atoms with van der Waals surface area (Å²) in [4.78, 5) is 24.0. The number of methoxy groups -OCH3 is 1. The Hall–Kier alpha value is -1.73. The molecule has 0 aliphatic carbocycles. The summed E-state index contributed by atoms with van der Waals surface area (Å²) in [6.45, 7) is 4.41. The minimum Gasteiger partial charge on any atom is -0.463 e. The van der Waals surface area contributed by atoms with Crippen LogP contribution in [0.15, 0.2) is 12.3 Å². The molecule has 1 saturated heterocycles. The third-order valence-corrected chi connectivity index (χ3v) is 3.34. The molecule has 20 heavy (non-hydrogen) atoms. The summed E-state index contributed by atoms with van der Waals surface area (Å²) >= 11 is 0. The van der Waals surface area contributed by atoms with E-state index in [-0.39, 0.29) is 12.4 Å². The molecule has 2 rings (SSSR count). The highest BCUT2D eigenvalue weighted by atomic mass is 16.5. The van der Waals surface area contributed by atoms with E-state index in [1.54, 1.807) is 12.3 Å². The molecule has 0 radical (unpaired) electrons. The molecule has 1 aliphatic heterocycles. The van der Waals surface area contributed by atoms with Crippen molar-refractivity contribution < 1.29 is 14.6 Å². The van der Waals surface area contributed by atoms with Crippen molar-refractivity contribution in [3.05, 3.63) is 18.1 Å². The van der Waals surface area contributed by atoms with Crippen molar-refractivity contribution in [3.8, 4) is 0 Å². The first-order valence-electron chi connectivity index (χ1n) is 6.74. The van der Waals surface area contributed by atoms with Crippen LogP contribution >= 0.6 is 0 Å². The summed E-state index contributed by atoms with van der Waals surface area (Å²) in [6, 6.07) is 1.80. The van der Waals surface area contributed by atoms with Crippen LogP contribution < -0.4 is 4.90 Å². The van der Waals surface area contributed by atoms with Crippen LogP contribution in [0.1, 0.15) is 17.0 Å². The molecule has 1 aromatic rings. The Balaban J connectivity index is 2.05. The van der Waals surface area contributed by atoms with Crippen molar-refractivity contribution in [1.29, 1.82) is 0 Å². The first-order valence-corrected chi connectivity index (χ1v) is 6.74. The zero-order valence-corrected chi connectivity index (χ0v) is 11.7. The van der Waals surface area contributed by atoms with Crippen LogP contribution in [0.4, 0.5) is 5.82 Å². The van der Waals surface area contributed by atoms with Crippen LogP contribution in [0.3, 0.4) is 0 Å². The maximum Gasteiger partial charge on any atom is 0.376 e. The van der Waals surface area contributed by atoms with Crippen LogP contribution in [0, 0.1) is 0 Å². The summed E-state index contributed by atoms with van der Waals surface area (Å²) in [5.41, 5.74) is 0. The minimum atomic E-state index is -0.524. The average molecular weight is 280 g/mol. The van der Waals surface area contributed by atoms with Gasteiger partial charge < -0.3 is 14.7 Å². The second-order valence-corrected chi connectivity index (χ2v) is 4.64. The van der Waals surface area contributed by atoms with E-state index in [9.17, 15) is 4.79 Å². The van der Waals surface area contributed by atoms with Gasteiger partial charge in [0, 0.05) is 32.4 Å². The molecular formula is C13H20N4O3. The van der Waals surface area contributed by atoms with Crippen LogP contribution in [-0.4, -0.2) is 72.4 Å². The lowest BCUT2D eigenvalue weighted by Gasteiger charge is -2.22. The number of anilines is 1. The van der Waals surface area contributed by atoms with E-state index < -0.39 is 5.97 Å². The average Bonchev–Trinajstić information content (AvgIpc) is 2.73. The van der Waals surface area contributed by atoms with Crippen molar-refractivity contribution in [2.45, 2.75) is 6.42 Å². The SMILES string of the molecule is COC(=O)c1nccc(N2CCCN(CCO)CC2)n1. The molecule has 0 bridgehead atoms. The number of hydrogen-bond donors (Lipinski definition) is 1. The summed E-state index contributed by atoms with van der Waals surface area (Å²) in [6.07, 6.45) is 2.57. The van der Waals surface area contributed by atoms with Gasteiger partial charge in [0.15, 0.2) is 0 Å². The number of esters is 1. The molecule has 110 valence electrons. The molecule has 1 aliphatic rings. The molecular weight excluding hydrogens is 260 g/mol. The number of β-amino-alcohol motifs (C(OH)–C–C–N with tert-alkyl or cyclic N) is 1. The number of nitrogens with zero attached hydrogens (tertiary/aromatic N) is 4. The maximum atomic E-state index is 11.5. The predicted molar refractivity (Wildman–Crippen MR) is 73.7 cm³/mol. The monoisotopic (exact) mass is 280 g/mol. The fourth-order valence-electron chi connectivity index (χ4n) is 2.28. The molecule has 1 fully saturated rings. The van der Waals surface area contributed by atoms with Gasteiger partial charge in [-0.05, 0) is 19.0 Å². The van der Waals surface area contributed by atoms with Gasteiger partial charge in [-0.3, -0.25) is 4.90 Å². The number of carbonyl (C=O) groups excluding carboxylic acids is 1. The molecule has 0 unspecified atom stereocenters. The van der Waals surface area contributed by atoms with Gasteiger partial charge in [0.2, 0.25) is 5.82 Å². The van der Waals surface area contributed by atoms with Gasteiger partial charge in [-0.2, -0.15) is 0 Å². The first kappa shape index (κ1) is 14.7. The zero-order chi connectivity index (χ0) is 14.4. The Morgan fingerprint density at radius 3 is 3.00 bits per heavy atom. The lowest BCUT2D eigenvalue weighted by molar-refractivity contribution is 0.0586. The van der Waals surface area contributed by atoms with E-state index in [2.05, 4.69) is 24.5 Å². The Labute approximate surface area is 118 Å². The van der Waals surface area contributed by atoms with Crippen molar-refractivity contribution in [3.63, 3.8) is 0 Å². The highest BCUT2D eigenvalue weighted by molar-refractivity contribution is 5.85. The fraction of sp³-hybridized carbons (Fsp3) is 0.615. The number of hydrogen-bond acceptors (Lipinski definition) is 7. The third kappa shape index (κ3) is 3.64. The number of aliphatic hydroxyl groups is 1. The standard InChI is InChI=1S/C13H20N4O3/c1-20-13(19)12-14-4-3-11(15-12)17-6-2-5-16(7-8-17)9-10-18/h3-4,18H,2,5-10H2,1H3. The van der Waals surface area contributed by atoms with Crippen LogP contribution in [-0.2, 0) is 4.74 Å². The Kier molecular flexibility index (Phi) is 5.25. The third-order valence-electron chi connectivity index (χ3n) is 3.34. The van der Waals surface area contributed by atoms with Gasteiger partial charge in [-0.15, -0.1) is 0 Å². The van der Waals surface area contributed by atoms with Crippen LogP contribution in [0.2, 0.25) is 0 Å². The van der Waals surface area contributed by atoms with Gasteiger partial charge in [0.25, 0.3) is 0 Å². The molecule has 7 heteroatoms. The number of aromatic nitrogens is 2. The van der Waals surface area contributed by atoms with Crippen LogP contribution in [0.25, 0.3) is 0 Å². The molecule has 0 spiro atoms. The van der Waals surface area contributed by atoms with Crippen LogP contribution in [0.5, 0.6) is 0 Å². The van der Waals surface area contributed by atoms with Crippen molar-refractivity contribution in [1.82, 2.24) is 14.9 Å². The zero-order valence-electron chi connectivity index (χ0n) is 11.7. The molecule has 0 aromatic carbocycles.